The average molecular weight is 353 g/mol. The molecule has 2 atom stereocenters. The topological polar surface area (TPSA) is 81.7 Å². The van der Waals surface area contributed by atoms with E-state index in [1.54, 1.807) is 13.3 Å². The van der Waals surface area contributed by atoms with Crippen molar-refractivity contribution in [3.63, 3.8) is 0 Å². The summed E-state index contributed by atoms with van der Waals surface area (Å²) in [5.41, 5.74) is 0.405. The Labute approximate surface area is 150 Å². The summed E-state index contributed by atoms with van der Waals surface area (Å²) in [6.07, 6.45) is 2.09. The lowest BCUT2D eigenvalue weighted by atomic mass is 10.1. The van der Waals surface area contributed by atoms with Crippen LogP contribution in [0.4, 0.5) is 10.5 Å². The van der Waals surface area contributed by atoms with E-state index in [0.29, 0.717) is 19.1 Å². The van der Waals surface area contributed by atoms with E-state index in [2.05, 4.69) is 22.5 Å². The van der Waals surface area contributed by atoms with E-state index in [1.165, 1.54) is 0 Å². The molecule has 0 aliphatic carbocycles. The minimum atomic E-state index is -0.494. The molecule has 0 aliphatic heterocycles. The molecule has 1 amide bonds. The van der Waals surface area contributed by atoms with Crippen molar-refractivity contribution in [3.05, 3.63) is 18.3 Å². The zero-order valence-corrected chi connectivity index (χ0v) is 16.1. The number of alkyl carbamates (subject to hydrolysis) is 1. The number of rotatable bonds is 9. The Morgan fingerprint density at radius 2 is 1.92 bits per heavy atom. The lowest BCUT2D eigenvalue weighted by molar-refractivity contribution is 0.0506. The van der Waals surface area contributed by atoms with Crippen molar-refractivity contribution in [1.29, 1.82) is 0 Å². The van der Waals surface area contributed by atoms with Crippen LogP contribution in [0, 0.1) is 0 Å². The van der Waals surface area contributed by atoms with E-state index in [9.17, 15) is 4.79 Å². The second kappa shape index (κ2) is 10.1. The number of amides is 1. The Kier molecular flexibility index (Phi) is 8.48. The summed E-state index contributed by atoms with van der Waals surface area (Å²) in [6.45, 7) is 10.5. The summed E-state index contributed by atoms with van der Waals surface area (Å²) >= 11 is 0. The summed E-state index contributed by atoms with van der Waals surface area (Å²) in [6, 6.07) is 3.87. The summed E-state index contributed by atoms with van der Waals surface area (Å²) in [7, 11) is 1.63. The fraction of sp³-hybridized carbons (Fsp3) is 0.667. The molecule has 0 bridgehead atoms. The van der Waals surface area contributed by atoms with Crippen LogP contribution in [0.3, 0.4) is 0 Å². The van der Waals surface area contributed by atoms with Crippen molar-refractivity contribution in [1.82, 2.24) is 10.3 Å². The molecule has 0 fully saturated rings. The van der Waals surface area contributed by atoms with Gasteiger partial charge in [0.05, 0.1) is 18.5 Å². The van der Waals surface area contributed by atoms with Gasteiger partial charge in [0.1, 0.15) is 12.2 Å². The molecule has 2 N–H and O–H groups in total. The van der Waals surface area contributed by atoms with Crippen LogP contribution in [0.5, 0.6) is 5.88 Å². The molecular formula is C18H31N3O4. The standard InChI is InChI=1S/C18H31N3O4/c1-13(11-14(2)21-17(22)25-18(3,4)5)20-15-7-8-16(19-12-15)24-10-9-23-6/h7-8,12-14,20H,9-11H2,1-6H3,(H,21,22)/t13-,14-/m1/s1. The molecule has 25 heavy (non-hydrogen) atoms. The average Bonchev–Trinajstić information content (AvgIpc) is 2.46. The Morgan fingerprint density at radius 1 is 1.20 bits per heavy atom. The highest BCUT2D eigenvalue weighted by Crippen LogP contribution is 2.14. The van der Waals surface area contributed by atoms with Crippen molar-refractivity contribution in [3.8, 4) is 5.88 Å². The number of ether oxygens (including phenoxy) is 3. The minimum absolute atomic E-state index is 0.0121. The van der Waals surface area contributed by atoms with Gasteiger partial charge < -0.3 is 24.8 Å². The summed E-state index contributed by atoms with van der Waals surface area (Å²) in [5.74, 6) is 0.565. The molecule has 0 saturated carbocycles. The first-order valence-electron chi connectivity index (χ1n) is 8.53. The molecule has 0 radical (unpaired) electrons. The van der Waals surface area contributed by atoms with Crippen molar-refractivity contribution in [2.75, 3.05) is 25.6 Å². The van der Waals surface area contributed by atoms with Crippen LogP contribution in [-0.2, 0) is 9.47 Å². The number of methoxy groups -OCH3 is 1. The van der Waals surface area contributed by atoms with Crippen LogP contribution in [0.2, 0.25) is 0 Å². The van der Waals surface area contributed by atoms with Gasteiger partial charge in [-0.1, -0.05) is 0 Å². The number of pyridine rings is 1. The van der Waals surface area contributed by atoms with E-state index in [0.717, 1.165) is 12.1 Å². The van der Waals surface area contributed by atoms with Gasteiger partial charge in [0.15, 0.2) is 0 Å². The fourth-order valence-electron chi connectivity index (χ4n) is 2.22. The van der Waals surface area contributed by atoms with Crippen LogP contribution >= 0.6 is 0 Å². The van der Waals surface area contributed by atoms with Crippen LogP contribution in [-0.4, -0.2) is 49.1 Å². The minimum Gasteiger partial charge on any atom is -0.475 e. The highest BCUT2D eigenvalue weighted by atomic mass is 16.6. The number of nitrogens with one attached hydrogen (secondary N) is 2. The Balaban J connectivity index is 2.37. The number of carbonyl (C=O) groups is 1. The van der Waals surface area contributed by atoms with Crippen molar-refractivity contribution in [2.45, 2.75) is 58.7 Å². The molecule has 142 valence electrons. The van der Waals surface area contributed by atoms with Gasteiger partial charge in [-0.25, -0.2) is 9.78 Å². The molecule has 1 heterocycles. The molecule has 7 heteroatoms. The second-order valence-electron chi connectivity index (χ2n) is 7.05. The summed E-state index contributed by atoms with van der Waals surface area (Å²) < 4.78 is 15.6. The number of carbonyl (C=O) groups excluding carboxylic acids is 1. The van der Waals surface area contributed by atoms with Gasteiger partial charge in [-0.3, -0.25) is 0 Å². The molecule has 1 aromatic heterocycles. The van der Waals surface area contributed by atoms with Crippen LogP contribution < -0.4 is 15.4 Å². The molecular weight excluding hydrogens is 322 g/mol. The third kappa shape index (κ3) is 9.76. The Morgan fingerprint density at radius 3 is 2.48 bits per heavy atom. The molecule has 1 rings (SSSR count). The maximum Gasteiger partial charge on any atom is 0.407 e. The number of nitrogens with zero attached hydrogens (tertiary/aromatic N) is 1. The molecule has 0 spiro atoms. The van der Waals surface area contributed by atoms with Crippen LogP contribution in [0.15, 0.2) is 18.3 Å². The van der Waals surface area contributed by atoms with Gasteiger partial charge >= 0.3 is 6.09 Å². The quantitative estimate of drug-likeness (QED) is 0.664. The van der Waals surface area contributed by atoms with E-state index in [-0.39, 0.29) is 12.1 Å². The Hall–Kier alpha value is -2.02. The monoisotopic (exact) mass is 353 g/mol. The smallest absolute Gasteiger partial charge is 0.407 e. The van der Waals surface area contributed by atoms with Gasteiger partial charge in [0.2, 0.25) is 5.88 Å². The fourth-order valence-corrected chi connectivity index (χ4v) is 2.22. The zero-order valence-electron chi connectivity index (χ0n) is 16.1. The first-order chi connectivity index (χ1) is 11.7. The van der Waals surface area contributed by atoms with Gasteiger partial charge in [-0.05, 0) is 47.1 Å². The van der Waals surface area contributed by atoms with Gasteiger partial charge in [0, 0.05) is 25.3 Å². The number of hydrogen-bond donors (Lipinski definition) is 2. The van der Waals surface area contributed by atoms with Gasteiger partial charge in [-0.2, -0.15) is 0 Å². The van der Waals surface area contributed by atoms with Crippen LogP contribution in [0.25, 0.3) is 0 Å². The highest BCUT2D eigenvalue weighted by molar-refractivity contribution is 5.68. The maximum absolute atomic E-state index is 11.8. The largest absolute Gasteiger partial charge is 0.475 e. The van der Waals surface area contributed by atoms with Crippen molar-refractivity contribution in [2.24, 2.45) is 0 Å². The van der Waals surface area contributed by atoms with Gasteiger partial charge in [-0.15, -0.1) is 0 Å². The maximum atomic E-state index is 11.8. The summed E-state index contributed by atoms with van der Waals surface area (Å²) in [4.78, 5) is 16.0. The normalized spacial score (nSPS) is 13.7. The third-order valence-corrected chi connectivity index (χ3v) is 3.16. The molecule has 0 saturated heterocycles. The predicted octanol–water partition coefficient (Wildman–Crippen LogP) is 3.21. The van der Waals surface area contributed by atoms with Crippen molar-refractivity contribution >= 4 is 11.8 Å². The Bertz CT molecular complexity index is 514. The van der Waals surface area contributed by atoms with Crippen LogP contribution in [0.1, 0.15) is 41.0 Å². The van der Waals surface area contributed by atoms with Crippen molar-refractivity contribution < 1.29 is 19.0 Å². The van der Waals surface area contributed by atoms with Gasteiger partial charge in [0.25, 0.3) is 0 Å². The third-order valence-electron chi connectivity index (χ3n) is 3.16. The van der Waals surface area contributed by atoms with E-state index >= 15 is 0 Å². The van der Waals surface area contributed by atoms with E-state index in [4.69, 9.17) is 14.2 Å². The first-order valence-corrected chi connectivity index (χ1v) is 8.53. The SMILES string of the molecule is COCCOc1ccc(N[C@H](C)C[C@@H](C)NC(=O)OC(C)(C)C)cn1. The molecule has 0 aromatic carbocycles. The first kappa shape index (κ1) is 21.0. The molecule has 7 nitrogen and oxygen atoms in total. The molecule has 1 aromatic rings. The molecule has 0 unspecified atom stereocenters. The zero-order chi connectivity index (χ0) is 18.9. The lowest BCUT2D eigenvalue weighted by Crippen LogP contribution is -2.39. The number of anilines is 1. The number of aromatic nitrogens is 1. The lowest BCUT2D eigenvalue weighted by Gasteiger charge is -2.24. The number of hydrogen-bond acceptors (Lipinski definition) is 6. The predicted molar refractivity (Wildman–Crippen MR) is 98.1 cm³/mol. The molecule has 0 aliphatic rings. The highest BCUT2D eigenvalue weighted by Gasteiger charge is 2.18. The van der Waals surface area contributed by atoms with E-state index in [1.807, 2.05) is 39.8 Å². The summed E-state index contributed by atoms with van der Waals surface area (Å²) in [5, 5.41) is 6.20. The second-order valence-corrected chi connectivity index (χ2v) is 7.05. The van der Waals surface area contributed by atoms with E-state index < -0.39 is 11.7 Å².